The summed E-state index contributed by atoms with van der Waals surface area (Å²) in [6, 6.07) is 10.7. The molecule has 0 amide bonds. The van der Waals surface area contributed by atoms with Gasteiger partial charge in [-0.05, 0) is 36.8 Å². The monoisotopic (exact) mass is 359 g/mol. The van der Waals surface area contributed by atoms with Crippen LogP contribution in [0.3, 0.4) is 0 Å². The minimum Gasteiger partial charge on any atom is -0.264 e. The first-order valence-corrected chi connectivity index (χ1v) is 9.82. The van der Waals surface area contributed by atoms with Crippen LogP contribution in [0, 0.1) is 6.92 Å². The van der Waals surface area contributed by atoms with E-state index in [1.54, 1.807) is 30.6 Å². The van der Waals surface area contributed by atoms with Crippen LogP contribution in [0.4, 0.5) is 0 Å². The van der Waals surface area contributed by atoms with E-state index in [0.29, 0.717) is 13.0 Å². The second kappa shape index (κ2) is 7.21. The Morgan fingerprint density at radius 2 is 2.08 bits per heavy atom. The average Bonchev–Trinajstić information content (AvgIpc) is 3.04. The van der Waals surface area contributed by atoms with Crippen LogP contribution in [0.5, 0.6) is 0 Å². The Kier molecular flexibility index (Phi) is 5.03. The fourth-order valence-corrected chi connectivity index (χ4v) is 4.17. The van der Waals surface area contributed by atoms with Crippen molar-refractivity contribution in [1.29, 1.82) is 0 Å². The number of pyridine rings is 1. The highest BCUT2D eigenvalue weighted by Crippen LogP contribution is 2.21. The molecular formula is C17H17N3O2S2. The third-order valence-electron chi connectivity index (χ3n) is 3.44. The molecule has 0 atom stereocenters. The fraction of sp³-hybridized carbons (Fsp3) is 0.176. The van der Waals surface area contributed by atoms with E-state index >= 15 is 0 Å². The molecule has 0 fully saturated rings. The van der Waals surface area contributed by atoms with Crippen LogP contribution in [0.15, 0.2) is 59.1 Å². The van der Waals surface area contributed by atoms with Gasteiger partial charge in [0.25, 0.3) is 0 Å². The number of thiazole rings is 1. The van der Waals surface area contributed by atoms with E-state index in [4.69, 9.17) is 0 Å². The van der Waals surface area contributed by atoms with Gasteiger partial charge in [0.1, 0.15) is 0 Å². The molecule has 24 heavy (non-hydrogen) atoms. The predicted octanol–water partition coefficient (Wildman–Crippen LogP) is 3.03. The second-order valence-electron chi connectivity index (χ2n) is 5.33. The van der Waals surface area contributed by atoms with E-state index in [1.807, 2.05) is 30.5 Å². The molecule has 3 aromatic rings. The Bertz CT molecular complexity index is 922. The highest BCUT2D eigenvalue weighted by Gasteiger charge is 2.13. The summed E-state index contributed by atoms with van der Waals surface area (Å²) in [5, 5.41) is 2.85. The van der Waals surface area contributed by atoms with Crippen molar-refractivity contribution in [3.05, 3.63) is 64.7 Å². The second-order valence-corrected chi connectivity index (χ2v) is 8.04. The summed E-state index contributed by atoms with van der Waals surface area (Å²) in [4.78, 5) is 8.90. The standard InChI is InChI=1S/C17H17N3O2S2/c1-13-4-2-6-15(10-13)24(21,22)19-9-7-17-20-16(12-23-17)14-5-3-8-18-11-14/h2-6,8,10-12,19H,7,9H2,1H3. The third kappa shape index (κ3) is 4.05. The van der Waals surface area contributed by atoms with Crippen molar-refractivity contribution in [2.45, 2.75) is 18.2 Å². The van der Waals surface area contributed by atoms with E-state index in [2.05, 4.69) is 14.7 Å². The van der Waals surface area contributed by atoms with Crippen molar-refractivity contribution in [2.75, 3.05) is 6.54 Å². The number of aryl methyl sites for hydroxylation is 1. The first-order valence-electron chi connectivity index (χ1n) is 7.46. The lowest BCUT2D eigenvalue weighted by Gasteiger charge is -2.06. The number of sulfonamides is 1. The molecule has 1 N–H and O–H groups in total. The highest BCUT2D eigenvalue weighted by atomic mass is 32.2. The van der Waals surface area contributed by atoms with E-state index < -0.39 is 10.0 Å². The summed E-state index contributed by atoms with van der Waals surface area (Å²) < 4.78 is 27.2. The molecule has 0 aliphatic carbocycles. The molecule has 124 valence electrons. The zero-order valence-corrected chi connectivity index (χ0v) is 14.8. The molecule has 2 aromatic heterocycles. The van der Waals surface area contributed by atoms with Gasteiger partial charge in [-0.1, -0.05) is 12.1 Å². The predicted molar refractivity (Wildman–Crippen MR) is 95.4 cm³/mol. The van der Waals surface area contributed by atoms with Gasteiger partial charge in [0.15, 0.2) is 0 Å². The summed E-state index contributed by atoms with van der Waals surface area (Å²) in [5.41, 5.74) is 2.74. The summed E-state index contributed by atoms with van der Waals surface area (Å²) in [7, 11) is -3.48. The lowest BCUT2D eigenvalue weighted by atomic mass is 10.2. The Labute approximate surface area is 145 Å². The molecular weight excluding hydrogens is 342 g/mol. The molecule has 3 rings (SSSR count). The maximum absolute atomic E-state index is 12.3. The quantitative estimate of drug-likeness (QED) is 0.734. The average molecular weight is 359 g/mol. The summed E-state index contributed by atoms with van der Waals surface area (Å²) in [6.07, 6.45) is 4.03. The Balaban J connectivity index is 1.62. The molecule has 0 spiro atoms. The molecule has 0 saturated carbocycles. The number of hydrogen-bond acceptors (Lipinski definition) is 5. The van der Waals surface area contributed by atoms with E-state index in [0.717, 1.165) is 21.8 Å². The summed E-state index contributed by atoms with van der Waals surface area (Å²) >= 11 is 1.52. The molecule has 0 aliphatic heterocycles. The highest BCUT2D eigenvalue weighted by molar-refractivity contribution is 7.89. The van der Waals surface area contributed by atoms with E-state index in [-0.39, 0.29) is 4.90 Å². The van der Waals surface area contributed by atoms with Gasteiger partial charge in [0, 0.05) is 36.3 Å². The normalized spacial score (nSPS) is 11.5. The Morgan fingerprint density at radius 3 is 2.83 bits per heavy atom. The maximum Gasteiger partial charge on any atom is 0.240 e. The van der Waals surface area contributed by atoms with Gasteiger partial charge in [-0.25, -0.2) is 18.1 Å². The smallest absolute Gasteiger partial charge is 0.240 e. The molecule has 5 nitrogen and oxygen atoms in total. The Morgan fingerprint density at radius 1 is 1.21 bits per heavy atom. The lowest BCUT2D eigenvalue weighted by Crippen LogP contribution is -2.26. The zero-order chi connectivity index (χ0) is 17.0. The van der Waals surface area contributed by atoms with Gasteiger partial charge < -0.3 is 0 Å². The van der Waals surface area contributed by atoms with Gasteiger partial charge in [-0.15, -0.1) is 11.3 Å². The van der Waals surface area contributed by atoms with Crippen LogP contribution in [0.2, 0.25) is 0 Å². The molecule has 7 heteroatoms. The van der Waals surface area contributed by atoms with Crippen molar-refractivity contribution in [3.63, 3.8) is 0 Å². The minimum atomic E-state index is -3.48. The van der Waals surface area contributed by atoms with Crippen LogP contribution in [0.25, 0.3) is 11.3 Å². The van der Waals surface area contributed by atoms with Crippen molar-refractivity contribution in [3.8, 4) is 11.3 Å². The number of rotatable bonds is 6. The molecule has 0 bridgehead atoms. The SMILES string of the molecule is Cc1cccc(S(=O)(=O)NCCc2nc(-c3cccnc3)cs2)c1. The van der Waals surface area contributed by atoms with Crippen LogP contribution < -0.4 is 4.72 Å². The largest absolute Gasteiger partial charge is 0.264 e. The molecule has 0 unspecified atom stereocenters. The third-order valence-corrected chi connectivity index (χ3v) is 5.81. The number of nitrogens with one attached hydrogen (secondary N) is 1. The van der Waals surface area contributed by atoms with Crippen LogP contribution in [-0.4, -0.2) is 24.9 Å². The van der Waals surface area contributed by atoms with Crippen molar-refractivity contribution < 1.29 is 8.42 Å². The van der Waals surface area contributed by atoms with Crippen molar-refractivity contribution >= 4 is 21.4 Å². The van der Waals surface area contributed by atoms with Crippen molar-refractivity contribution in [2.24, 2.45) is 0 Å². The molecule has 2 heterocycles. The maximum atomic E-state index is 12.3. The molecule has 0 radical (unpaired) electrons. The van der Waals surface area contributed by atoms with Gasteiger partial charge in [0.05, 0.1) is 15.6 Å². The Hall–Kier alpha value is -2.09. The molecule has 0 saturated heterocycles. The lowest BCUT2D eigenvalue weighted by molar-refractivity contribution is 0.581. The number of hydrogen-bond donors (Lipinski definition) is 1. The van der Waals surface area contributed by atoms with E-state index in [9.17, 15) is 8.42 Å². The molecule has 1 aromatic carbocycles. The molecule has 0 aliphatic rings. The van der Waals surface area contributed by atoms with Crippen molar-refractivity contribution in [1.82, 2.24) is 14.7 Å². The van der Waals surface area contributed by atoms with Gasteiger partial charge in [0.2, 0.25) is 10.0 Å². The summed E-state index contributed by atoms with van der Waals surface area (Å²) in [5.74, 6) is 0. The first kappa shape index (κ1) is 16.8. The van der Waals surface area contributed by atoms with Crippen LogP contribution in [-0.2, 0) is 16.4 Å². The van der Waals surface area contributed by atoms with Gasteiger partial charge in [-0.3, -0.25) is 4.98 Å². The number of nitrogens with zero attached hydrogens (tertiary/aromatic N) is 2. The number of aromatic nitrogens is 2. The minimum absolute atomic E-state index is 0.290. The zero-order valence-electron chi connectivity index (χ0n) is 13.1. The number of benzene rings is 1. The van der Waals surface area contributed by atoms with E-state index in [1.165, 1.54) is 11.3 Å². The fourth-order valence-electron chi connectivity index (χ4n) is 2.23. The van der Waals surface area contributed by atoms with Crippen LogP contribution in [0.1, 0.15) is 10.6 Å². The topological polar surface area (TPSA) is 72.0 Å². The first-order chi connectivity index (χ1) is 11.5. The van der Waals surface area contributed by atoms with Gasteiger partial charge >= 0.3 is 0 Å². The van der Waals surface area contributed by atoms with Crippen LogP contribution >= 0.6 is 11.3 Å². The summed E-state index contributed by atoms with van der Waals surface area (Å²) in [6.45, 7) is 2.19. The van der Waals surface area contributed by atoms with Gasteiger partial charge in [-0.2, -0.15) is 0 Å².